The third-order valence-corrected chi connectivity index (χ3v) is 7.41. The van der Waals surface area contributed by atoms with E-state index in [1.807, 2.05) is 0 Å². The monoisotopic (exact) mass is 758 g/mol. The maximum absolute atomic E-state index is 11.0. The maximum Gasteiger partial charge on any atom is 0.507 e. The molecule has 1 N–H and O–H groups in total. The molecule has 8 nitrogen and oxygen atoms in total. The first-order valence-corrected chi connectivity index (χ1v) is 19.6. The van der Waals surface area contributed by atoms with E-state index in [-0.39, 0.29) is 12.8 Å². The van der Waals surface area contributed by atoms with Gasteiger partial charge in [-0.15, -0.1) is 0 Å². The largest absolute Gasteiger partial charge is 0.507 e. The van der Waals surface area contributed by atoms with Gasteiger partial charge in [0.05, 0.1) is 14.2 Å². The standard InChI is InChI=1S/C11H19ClN2O.C10H20N2.C3H6O3.CH4.I2/c12-11(15)14-8-4-10(5-9-14)13-6-2-1-3-7-13;1-2-8-12(9-3-1)10-4-6-11-7-5-10;1-5-3(4)6-2;;1-2/h10H,1-9H2;10-11H,1-9H2;1-2H3;1H4;. The Morgan fingerprint density at radius 1 is 0.722 bits per heavy atom. The Morgan fingerprint density at radius 2 is 1.11 bits per heavy atom. The van der Waals surface area contributed by atoms with Crippen molar-refractivity contribution in [3.8, 4) is 0 Å². The molecule has 36 heavy (non-hydrogen) atoms. The van der Waals surface area contributed by atoms with Crippen LogP contribution in [0.3, 0.4) is 0 Å². The lowest BCUT2D eigenvalue weighted by Crippen LogP contribution is -2.47. The zero-order valence-electron chi connectivity index (χ0n) is 21.5. The summed E-state index contributed by atoms with van der Waals surface area (Å²) in [5.74, 6) is 0. The summed E-state index contributed by atoms with van der Waals surface area (Å²) < 4.78 is 8.08. The number of hydrogen-bond donors (Lipinski definition) is 1. The van der Waals surface area contributed by atoms with Crippen molar-refractivity contribution in [3.63, 3.8) is 0 Å². The Balaban J connectivity index is 0.000000525. The molecule has 0 saturated carbocycles. The zero-order valence-corrected chi connectivity index (χ0v) is 26.6. The quantitative estimate of drug-likeness (QED) is 0.153. The molecule has 0 aromatic heterocycles. The Kier molecular flexibility index (Phi) is 23.5. The SMILES string of the molecule is C.C1CCN(C2CCNCC2)CC1.COC(=O)OC.II.O=C(Cl)N1CCC(N2CCCCC2)CC1. The maximum atomic E-state index is 11.0. The number of carbonyl (C=O) groups is 2. The van der Waals surface area contributed by atoms with E-state index in [1.54, 1.807) is 4.90 Å². The van der Waals surface area contributed by atoms with E-state index in [1.165, 1.54) is 105 Å². The summed E-state index contributed by atoms with van der Waals surface area (Å²) in [4.78, 5) is 27.8. The second-order valence-corrected chi connectivity index (χ2v) is 9.63. The topological polar surface area (TPSA) is 74.3 Å². The van der Waals surface area contributed by atoms with Gasteiger partial charge in [-0.3, -0.25) is 4.79 Å². The van der Waals surface area contributed by atoms with Crippen molar-refractivity contribution in [2.24, 2.45) is 0 Å². The second kappa shape index (κ2) is 23.3. The molecule has 4 rings (SSSR count). The summed E-state index contributed by atoms with van der Waals surface area (Å²) in [6.07, 6.45) is 12.7. The highest BCUT2D eigenvalue weighted by Gasteiger charge is 2.26. The highest BCUT2D eigenvalue weighted by atomic mass is 128. The number of nitrogens with one attached hydrogen (secondary N) is 1. The number of likely N-dealkylation sites (tertiary alicyclic amines) is 3. The third kappa shape index (κ3) is 15.1. The van der Waals surface area contributed by atoms with Crippen molar-refractivity contribution in [1.29, 1.82) is 0 Å². The van der Waals surface area contributed by atoms with Gasteiger partial charge in [-0.1, -0.05) is 20.3 Å². The van der Waals surface area contributed by atoms with E-state index in [0.29, 0.717) is 6.04 Å². The number of methoxy groups -OCH3 is 2. The fourth-order valence-electron chi connectivity index (χ4n) is 5.23. The minimum absolute atomic E-state index is 0. The molecule has 0 radical (unpaired) electrons. The highest BCUT2D eigenvalue weighted by Crippen LogP contribution is 2.21. The molecule has 4 fully saturated rings. The predicted octanol–water partition coefficient (Wildman–Crippen LogP) is 6.33. The lowest BCUT2D eigenvalue weighted by atomic mass is 10.0. The van der Waals surface area contributed by atoms with Gasteiger partial charge < -0.3 is 29.5 Å². The van der Waals surface area contributed by atoms with E-state index in [2.05, 4.69) is 61.8 Å². The number of halogens is 3. The van der Waals surface area contributed by atoms with Gasteiger partial charge in [-0.2, -0.15) is 0 Å². The van der Waals surface area contributed by atoms with Crippen LogP contribution in [0.4, 0.5) is 9.59 Å². The molecule has 4 saturated heterocycles. The van der Waals surface area contributed by atoms with Crippen molar-refractivity contribution in [3.05, 3.63) is 0 Å². The van der Waals surface area contributed by atoms with E-state index in [0.717, 1.165) is 32.0 Å². The Morgan fingerprint density at radius 3 is 1.44 bits per heavy atom. The minimum atomic E-state index is -0.657. The van der Waals surface area contributed by atoms with Gasteiger partial charge in [0.15, 0.2) is 0 Å². The van der Waals surface area contributed by atoms with Gasteiger partial charge in [0.25, 0.3) is 0 Å². The lowest BCUT2D eigenvalue weighted by Gasteiger charge is -2.39. The summed E-state index contributed by atoms with van der Waals surface area (Å²) in [5, 5.41) is 3.14. The van der Waals surface area contributed by atoms with Crippen LogP contribution in [0.15, 0.2) is 0 Å². The summed E-state index contributed by atoms with van der Waals surface area (Å²) >= 11 is 9.70. The predicted molar refractivity (Wildman–Crippen MR) is 167 cm³/mol. The first-order chi connectivity index (χ1) is 17.0. The summed E-state index contributed by atoms with van der Waals surface area (Å²) in [6, 6.07) is 1.60. The molecule has 4 aliphatic rings. The van der Waals surface area contributed by atoms with Crippen molar-refractivity contribution < 1.29 is 19.1 Å². The normalized spacial score (nSPS) is 21.6. The van der Waals surface area contributed by atoms with Gasteiger partial charge in [0.1, 0.15) is 0 Å². The molecule has 0 aromatic carbocycles. The summed E-state index contributed by atoms with van der Waals surface area (Å²) in [6.45, 7) is 9.38. The van der Waals surface area contributed by atoms with Crippen molar-refractivity contribution in [2.45, 2.75) is 83.7 Å². The van der Waals surface area contributed by atoms with Crippen molar-refractivity contribution in [2.75, 3.05) is 66.6 Å². The molecular weight excluding hydrogens is 710 g/mol. The molecule has 1 amide bonds. The van der Waals surface area contributed by atoms with Crippen LogP contribution in [-0.4, -0.2) is 105 Å². The first-order valence-electron chi connectivity index (χ1n) is 12.9. The van der Waals surface area contributed by atoms with E-state index in [4.69, 9.17) is 11.6 Å². The summed E-state index contributed by atoms with van der Waals surface area (Å²) in [7, 11) is 2.51. The lowest BCUT2D eigenvalue weighted by molar-refractivity contribution is 0.0924. The molecule has 0 unspecified atom stereocenters. The Hall–Kier alpha value is 0.370. The molecular formula is C25H49ClI2N4O4. The fourth-order valence-corrected chi connectivity index (χ4v) is 5.40. The van der Waals surface area contributed by atoms with Crippen molar-refractivity contribution >= 4 is 60.4 Å². The molecule has 0 bridgehead atoms. The fraction of sp³-hybridized carbons (Fsp3) is 0.920. The van der Waals surface area contributed by atoms with Gasteiger partial charge in [0.2, 0.25) is 0 Å². The van der Waals surface area contributed by atoms with E-state index >= 15 is 0 Å². The van der Waals surface area contributed by atoms with Crippen LogP contribution >= 0.6 is 48.8 Å². The van der Waals surface area contributed by atoms with Crippen LogP contribution in [0, 0.1) is 0 Å². The number of piperidine rings is 4. The van der Waals surface area contributed by atoms with E-state index in [9.17, 15) is 9.59 Å². The number of rotatable bonds is 2. The highest BCUT2D eigenvalue weighted by molar-refractivity contribution is 15.0. The smallest absolute Gasteiger partial charge is 0.438 e. The van der Waals surface area contributed by atoms with Crippen LogP contribution in [0.5, 0.6) is 0 Å². The number of nitrogens with zero attached hydrogens (tertiary/aromatic N) is 3. The van der Waals surface area contributed by atoms with Crippen LogP contribution in [-0.2, 0) is 9.47 Å². The Labute approximate surface area is 248 Å². The van der Waals surface area contributed by atoms with Crippen molar-refractivity contribution in [1.82, 2.24) is 20.0 Å². The molecule has 11 heteroatoms. The van der Waals surface area contributed by atoms with Gasteiger partial charge in [-0.05, 0) is 102 Å². The minimum Gasteiger partial charge on any atom is -0.438 e. The van der Waals surface area contributed by atoms with Gasteiger partial charge in [-0.25, -0.2) is 4.79 Å². The molecule has 0 aliphatic carbocycles. The molecule has 0 aromatic rings. The number of ether oxygens (including phenoxy) is 2. The first kappa shape index (κ1) is 36.4. The molecule has 0 spiro atoms. The average molecular weight is 759 g/mol. The summed E-state index contributed by atoms with van der Waals surface area (Å²) in [5.41, 5.74) is 0. The molecule has 4 aliphatic heterocycles. The van der Waals surface area contributed by atoms with Gasteiger partial charge in [0, 0.05) is 62.4 Å². The molecule has 4 heterocycles. The average Bonchev–Trinajstić information content (AvgIpc) is 2.96. The third-order valence-electron chi connectivity index (χ3n) is 7.17. The van der Waals surface area contributed by atoms with Crippen LogP contribution < -0.4 is 5.32 Å². The van der Waals surface area contributed by atoms with Crippen LogP contribution in [0.2, 0.25) is 0 Å². The molecule has 214 valence electrons. The number of hydrogen-bond acceptors (Lipinski definition) is 7. The van der Waals surface area contributed by atoms with Gasteiger partial charge >= 0.3 is 11.5 Å². The van der Waals surface area contributed by atoms with Crippen LogP contribution in [0.1, 0.15) is 71.6 Å². The van der Waals surface area contributed by atoms with E-state index < -0.39 is 6.16 Å². The zero-order chi connectivity index (χ0) is 25.9. The number of amides is 1. The molecule has 0 atom stereocenters. The number of carbonyl (C=O) groups excluding carboxylic acids is 2. The second-order valence-electron chi connectivity index (χ2n) is 9.30. The Bertz CT molecular complexity index is 532. The van der Waals surface area contributed by atoms with Crippen LogP contribution in [0.25, 0.3) is 0 Å².